The SMILES string of the molecule is CC(C)(C)c1cc(-c2cc(-c3[c-]c(-c4cc(-c5ccc6c7ccccc7n(-c7ccccc7)c6c5)ccn4)ccc3)nc(-c3ccccc3P)c2)cc(C(C)(C)C)c1.[Pt]. The molecular weight excluding hydrogens is 917 g/mol. The van der Waals surface area contributed by atoms with Gasteiger partial charge in [0.1, 0.15) is 0 Å². The average Bonchev–Trinajstić information content (AvgIpc) is 3.57. The van der Waals surface area contributed by atoms with Crippen molar-refractivity contribution >= 4 is 36.4 Å². The standard InChI is InChI=1S/C54H47N3P.Pt/c1-53(2,3)41-28-39(29-42(34-41)54(4,5)6)40-31-48(56-49(32-40)46-20-11-13-22-52(46)58)38-16-14-15-37(27-38)47-30-36(25-26-55-47)35-23-24-45-44-19-10-12-21-50(44)57(51(45)33-35)43-17-8-7-9-18-43;/h7-26,28-34H,58H2,1-6H3;/q-1;. The third kappa shape index (κ3) is 8.00. The molecule has 1 unspecified atom stereocenters. The van der Waals surface area contributed by atoms with Gasteiger partial charge in [-0.05, 0) is 85.9 Å². The second kappa shape index (κ2) is 15.9. The van der Waals surface area contributed by atoms with Crippen LogP contribution < -0.4 is 5.30 Å². The van der Waals surface area contributed by atoms with Gasteiger partial charge in [-0.3, -0.25) is 9.97 Å². The smallest absolute Gasteiger partial charge is 0.0630 e. The fraction of sp³-hybridized carbons (Fsp3) is 0.148. The molecule has 0 saturated carbocycles. The molecule has 3 heterocycles. The minimum Gasteiger partial charge on any atom is -0.309 e. The second-order valence-electron chi connectivity index (χ2n) is 17.3. The van der Waals surface area contributed by atoms with E-state index >= 15 is 0 Å². The van der Waals surface area contributed by atoms with Crippen molar-refractivity contribution < 1.29 is 21.1 Å². The molecule has 3 nitrogen and oxygen atoms in total. The monoisotopic (exact) mass is 963 g/mol. The minimum absolute atomic E-state index is 0. The fourth-order valence-corrected chi connectivity index (χ4v) is 8.25. The van der Waals surface area contributed by atoms with E-state index in [1.54, 1.807) is 0 Å². The van der Waals surface area contributed by atoms with Gasteiger partial charge in [-0.1, -0.05) is 156 Å². The van der Waals surface area contributed by atoms with E-state index in [1.165, 1.54) is 38.5 Å². The Hall–Kier alpha value is -5.46. The molecule has 6 aromatic carbocycles. The van der Waals surface area contributed by atoms with Crippen molar-refractivity contribution in [2.75, 3.05) is 0 Å². The first-order valence-corrected chi connectivity index (χ1v) is 20.6. The average molecular weight is 964 g/mol. The summed E-state index contributed by atoms with van der Waals surface area (Å²) in [6, 6.07) is 60.3. The molecule has 0 aliphatic heterocycles. The van der Waals surface area contributed by atoms with Crippen LogP contribution >= 0.6 is 9.24 Å². The van der Waals surface area contributed by atoms with E-state index in [9.17, 15) is 0 Å². The third-order valence-corrected chi connectivity index (χ3v) is 11.7. The van der Waals surface area contributed by atoms with Crippen LogP contribution in [0.1, 0.15) is 52.7 Å². The molecule has 59 heavy (non-hydrogen) atoms. The van der Waals surface area contributed by atoms with Crippen LogP contribution in [0.2, 0.25) is 0 Å². The van der Waals surface area contributed by atoms with Crippen LogP contribution in [0, 0.1) is 6.07 Å². The van der Waals surface area contributed by atoms with Crippen LogP contribution in [0.15, 0.2) is 164 Å². The minimum atomic E-state index is -0.00290. The first-order chi connectivity index (χ1) is 27.9. The quantitative estimate of drug-likeness (QED) is 0.123. The number of pyridine rings is 2. The topological polar surface area (TPSA) is 30.7 Å². The molecule has 1 atom stereocenters. The Morgan fingerprint density at radius 1 is 0.492 bits per heavy atom. The van der Waals surface area contributed by atoms with Gasteiger partial charge in [0.15, 0.2) is 0 Å². The van der Waals surface area contributed by atoms with E-state index in [4.69, 9.17) is 9.97 Å². The second-order valence-corrected chi connectivity index (χ2v) is 18.0. The van der Waals surface area contributed by atoms with Crippen LogP contribution in [-0.4, -0.2) is 14.5 Å². The molecule has 9 aromatic rings. The van der Waals surface area contributed by atoms with Crippen LogP contribution in [0.4, 0.5) is 0 Å². The summed E-state index contributed by atoms with van der Waals surface area (Å²) in [6.45, 7) is 13.7. The number of benzene rings is 6. The van der Waals surface area contributed by atoms with Crippen LogP contribution in [-0.2, 0) is 31.9 Å². The van der Waals surface area contributed by atoms with Crippen molar-refractivity contribution in [3.8, 4) is 61.7 Å². The van der Waals surface area contributed by atoms with E-state index < -0.39 is 0 Å². The zero-order chi connectivity index (χ0) is 40.2. The molecule has 3 aromatic heterocycles. The molecule has 0 saturated heterocycles. The van der Waals surface area contributed by atoms with Gasteiger partial charge in [-0.25, -0.2) is 0 Å². The van der Waals surface area contributed by atoms with Gasteiger partial charge < -0.3 is 4.57 Å². The largest absolute Gasteiger partial charge is 0.309 e. The Morgan fingerprint density at radius 2 is 1.08 bits per heavy atom. The Balaban J connectivity index is 0.00000484. The molecule has 0 radical (unpaired) electrons. The Kier molecular flexibility index (Phi) is 10.9. The van der Waals surface area contributed by atoms with Gasteiger partial charge in [0.25, 0.3) is 0 Å². The van der Waals surface area contributed by atoms with Gasteiger partial charge in [-0.2, -0.15) is 0 Å². The summed E-state index contributed by atoms with van der Waals surface area (Å²) in [5.41, 5.74) is 16.3. The molecule has 0 bridgehead atoms. The predicted molar refractivity (Wildman–Crippen MR) is 249 cm³/mol. The summed E-state index contributed by atoms with van der Waals surface area (Å²) in [7, 11) is 2.90. The molecule has 0 amide bonds. The van der Waals surface area contributed by atoms with E-state index in [0.717, 1.165) is 61.5 Å². The maximum Gasteiger partial charge on any atom is 0.0630 e. The number of para-hydroxylation sites is 2. The number of aromatic nitrogens is 3. The molecule has 9 rings (SSSR count). The van der Waals surface area contributed by atoms with Gasteiger partial charge in [-0.15, -0.1) is 33.5 Å². The van der Waals surface area contributed by atoms with Crippen molar-refractivity contribution in [3.63, 3.8) is 0 Å². The number of rotatable bonds is 6. The Labute approximate surface area is 365 Å². The van der Waals surface area contributed by atoms with Crippen molar-refractivity contribution in [2.45, 2.75) is 52.4 Å². The van der Waals surface area contributed by atoms with Crippen molar-refractivity contribution in [1.29, 1.82) is 0 Å². The molecule has 0 aliphatic rings. The zero-order valence-corrected chi connectivity index (χ0v) is 37.8. The van der Waals surface area contributed by atoms with Gasteiger partial charge in [0.2, 0.25) is 0 Å². The number of nitrogens with zero attached hydrogens (tertiary/aromatic N) is 3. The van der Waals surface area contributed by atoms with E-state index in [0.29, 0.717) is 0 Å². The summed E-state index contributed by atoms with van der Waals surface area (Å²) in [5, 5.41) is 3.59. The van der Waals surface area contributed by atoms with E-state index in [2.05, 4.69) is 219 Å². The first kappa shape index (κ1) is 40.3. The molecule has 0 aliphatic carbocycles. The summed E-state index contributed by atoms with van der Waals surface area (Å²) < 4.78 is 2.36. The van der Waals surface area contributed by atoms with Crippen LogP contribution in [0.25, 0.3) is 83.5 Å². The zero-order valence-electron chi connectivity index (χ0n) is 34.3. The molecule has 0 N–H and O–H groups in total. The van der Waals surface area contributed by atoms with Gasteiger partial charge in [0, 0.05) is 60.7 Å². The summed E-state index contributed by atoms with van der Waals surface area (Å²) >= 11 is 0. The van der Waals surface area contributed by atoms with Gasteiger partial charge in [0.05, 0.1) is 16.7 Å². The summed E-state index contributed by atoms with van der Waals surface area (Å²) in [5.74, 6) is 0. The summed E-state index contributed by atoms with van der Waals surface area (Å²) in [6.07, 6.45) is 1.91. The predicted octanol–water partition coefficient (Wildman–Crippen LogP) is 13.8. The van der Waals surface area contributed by atoms with E-state index in [1.807, 2.05) is 6.20 Å². The van der Waals surface area contributed by atoms with Crippen LogP contribution in [0.5, 0.6) is 0 Å². The maximum atomic E-state index is 5.32. The fourth-order valence-electron chi connectivity index (χ4n) is 7.89. The molecular formula is C54H47N3PPt-. The first-order valence-electron chi connectivity index (χ1n) is 20.0. The van der Waals surface area contributed by atoms with Crippen molar-refractivity contribution in [3.05, 3.63) is 181 Å². The number of hydrogen-bond acceptors (Lipinski definition) is 2. The third-order valence-electron chi connectivity index (χ3n) is 11.2. The number of hydrogen-bond donors (Lipinski definition) is 0. The van der Waals surface area contributed by atoms with Crippen molar-refractivity contribution in [2.24, 2.45) is 0 Å². The molecule has 0 spiro atoms. The molecule has 0 fully saturated rings. The molecule has 5 heteroatoms. The maximum absolute atomic E-state index is 5.32. The van der Waals surface area contributed by atoms with Gasteiger partial charge >= 0.3 is 0 Å². The molecule has 294 valence electrons. The Bertz CT molecular complexity index is 2950. The summed E-state index contributed by atoms with van der Waals surface area (Å²) in [4.78, 5) is 10.2. The Morgan fingerprint density at radius 3 is 1.81 bits per heavy atom. The van der Waals surface area contributed by atoms with Crippen molar-refractivity contribution in [1.82, 2.24) is 14.5 Å². The van der Waals surface area contributed by atoms with E-state index in [-0.39, 0.29) is 31.9 Å². The normalized spacial score (nSPS) is 11.8. The number of fused-ring (bicyclic) bond motifs is 3. The van der Waals surface area contributed by atoms with Crippen LogP contribution in [0.3, 0.4) is 0 Å².